The molecular weight excluding hydrogens is 326 g/mol. The molecule has 0 heterocycles. The molecule has 1 unspecified atom stereocenters. The molecule has 0 fully saturated rings. The molecule has 1 aromatic carbocycles. The summed E-state index contributed by atoms with van der Waals surface area (Å²) in [5.41, 5.74) is 6.32. The van der Waals surface area contributed by atoms with Gasteiger partial charge in [-0.05, 0) is 24.5 Å². The number of nitro groups is 1. The first-order chi connectivity index (χ1) is 12.0. The van der Waals surface area contributed by atoms with E-state index in [-0.39, 0.29) is 24.1 Å². The molecule has 4 N–H and O–H groups in total. The van der Waals surface area contributed by atoms with Gasteiger partial charge in [0.1, 0.15) is 0 Å². The Morgan fingerprint density at radius 2 is 2.16 bits per heavy atom. The summed E-state index contributed by atoms with van der Waals surface area (Å²) in [4.78, 5) is 21.7. The zero-order valence-corrected chi connectivity index (χ0v) is 14.6. The van der Waals surface area contributed by atoms with Crippen molar-refractivity contribution in [3.05, 3.63) is 39.4 Å². The summed E-state index contributed by atoms with van der Waals surface area (Å²) in [5.74, 6) is -0.417. The Labute approximate surface area is 147 Å². The van der Waals surface area contributed by atoms with Gasteiger partial charge in [-0.25, -0.2) is 0 Å². The molecule has 0 bridgehead atoms. The van der Waals surface area contributed by atoms with Crippen molar-refractivity contribution in [1.29, 1.82) is 0 Å². The Morgan fingerprint density at radius 3 is 2.76 bits per heavy atom. The summed E-state index contributed by atoms with van der Waals surface area (Å²) in [6, 6.07) is 4.76. The predicted molar refractivity (Wildman–Crippen MR) is 93.8 cm³/mol. The molecule has 1 rings (SSSR count). The van der Waals surface area contributed by atoms with Crippen molar-refractivity contribution in [2.24, 2.45) is 11.7 Å². The van der Waals surface area contributed by atoms with E-state index in [2.05, 4.69) is 5.32 Å². The largest absolute Gasteiger partial charge is 0.391 e. The second-order valence-electron chi connectivity index (χ2n) is 5.84. The van der Waals surface area contributed by atoms with Gasteiger partial charge in [-0.15, -0.1) is 0 Å². The van der Waals surface area contributed by atoms with Gasteiger partial charge in [0, 0.05) is 31.7 Å². The van der Waals surface area contributed by atoms with E-state index in [0.29, 0.717) is 38.3 Å². The Morgan fingerprint density at radius 1 is 1.40 bits per heavy atom. The maximum Gasteiger partial charge on any atom is 0.275 e. The van der Waals surface area contributed by atoms with Gasteiger partial charge in [0.25, 0.3) is 5.69 Å². The first-order valence-electron chi connectivity index (χ1n) is 8.44. The van der Waals surface area contributed by atoms with Crippen LogP contribution in [0.25, 0.3) is 0 Å². The fourth-order valence-corrected chi connectivity index (χ4v) is 2.51. The number of aliphatic hydroxyl groups is 1. The van der Waals surface area contributed by atoms with Crippen molar-refractivity contribution in [3.8, 4) is 0 Å². The number of carbonyl (C=O) groups excluding carboxylic acids is 1. The highest BCUT2D eigenvalue weighted by molar-refractivity contribution is 5.76. The third kappa shape index (κ3) is 7.59. The number of nitrogens with one attached hydrogen (secondary N) is 1. The second-order valence-corrected chi connectivity index (χ2v) is 5.84. The number of benzene rings is 1. The minimum atomic E-state index is -0.496. The van der Waals surface area contributed by atoms with Gasteiger partial charge in [0.05, 0.1) is 23.7 Å². The normalized spacial score (nSPS) is 12.1. The standard InChI is InChI=1S/C17H27N3O5/c1-2-3-14(17(18)22)6-8-25-9-7-19-11-13-4-5-15(12-21)16(10-13)20(23)24/h4-5,10,14,19,21H,2-3,6-9,11-12H2,1H3,(H2,18,22). The number of aliphatic hydroxyl groups excluding tert-OH is 1. The topological polar surface area (TPSA) is 128 Å². The van der Waals surface area contributed by atoms with Crippen LogP contribution < -0.4 is 11.1 Å². The van der Waals surface area contributed by atoms with Crippen LogP contribution in [0.2, 0.25) is 0 Å². The van der Waals surface area contributed by atoms with Gasteiger partial charge in [-0.1, -0.05) is 19.4 Å². The Hall–Kier alpha value is -2.03. The van der Waals surface area contributed by atoms with E-state index < -0.39 is 4.92 Å². The molecule has 0 aliphatic heterocycles. The first kappa shape index (κ1) is 21.0. The van der Waals surface area contributed by atoms with Crippen LogP contribution in [0.3, 0.4) is 0 Å². The lowest BCUT2D eigenvalue weighted by atomic mass is 10.00. The quantitative estimate of drug-likeness (QED) is 0.280. The molecule has 1 amide bonds. The Balaban J connectivity index is 2.27. The molecule has 1 atom stereocenters. The highest BCUT2D eigenvalue weighted by Gasteiger charge is 2.14. The molecule has 8 nitrogen and oxygen atoms in total. The SMILES string of the molecule is CCCC(CCOCCNCc1ccc(CO)c([N+](=O)[O-])c1)C(N)=O. The Bertz CT molecular complexity index is 565. The van der Waals surface area contributed by atoms with E-state index in [1.165, 1.54) is 6.07 Å². The average Bonchev–Trinajstić information content (AvgIpc) is 2.59. The lowest BCUT2D eigenvalue weighted by molar-refractivity contribution is -0.385. The van der Waals surface area contributed by atoms with Gasteiger partial charge in [0.2, 0.25) is 5.91 Å². The molecule has 0 aromatic heterocycles. The molecule has 0 spiro atoms. The second kappa shape index (κ2) is 11.5. The summed E-state index contributed by atoms with van der Waals surface area (Å²) < 4.78 is 5.49. The van der Waals surface area contributed by atoms with Gasteiger partial charge in [0.15, 0.2) is 0 Å². The van der Waals surface area contributed by atoms with Crippen LogP contribution in [0.4, 0.5) is 5.69 Å². The number of nitrogens with two attached hydrogens (primary N) is 1. The minimum absolute atomic E-state index is 0.0773. The number of hydrogen-bond donors (Lipinski definition) is 3. The number of amides is 1. The van der Waals surface area contributed by atoms with E-state index >= 15 is 0 Å². The molecule has 0 aliphatic carbocycles. The molecule has 0 aliphatic rings. The number of hydrogen-bond acceptors (Lipinski definition) is 6. The highest BCUT2D eigenvalue weighted by Crippen LogP contribution is 2.20. The molecule has 0 saturated heterocycles. The van der Waals surface area contributed by atoms with Gasteiger partial charge >= 0.3 is 0 Å². The molecule has 0 saturated carbocycles. The maximum absolute atomic E-state index is 11.2. The summed E-state index contributed by atoms with van der Waals surface area (Å²) in [5, 5.41) is 23.2. The molecule has 140 valence electrons. The van der Waals surface area contributed by atoms with Crippen molar-refractivity contribution >= 4 is 11.6 Å². The molecule has 1 aromatic rings. The van der Waals surface area contributed by atoms with E-state index in [1.807, 2.05) is 6.92 Å². The number of carbonyl (C=O) groups is 1. The third-order valence-corrected chi connectivity index (χ3v) is 3.92. The number of rotatable bonds is 13. The minimum Gasteiger partial charge on any atom is -0.391 e. The van der Waals surface area contributed by atoms with Crippen molar-refractivity contribution in [1.82, 2.24) is 5.32 Å². The van der Waals surface area contributed by atoms with E-state index in [4.69, 9.17) is 15.6 Å². The monoisotopic (exact) mass is 353 g/mol. The number of ether oxygens (including phenoxy) is 1. The summed E-state index contributed by atoms with van der Waals surface area (Å²) in [6.07, 6.45) is 2.31. The van der Waals surface area contributed by atoms with Crippen LogP contribution in [-0.4, -0.2) is 35.7 Å². The summed E-state index contributed by atoms with van der Waals surface area (Å²) in [6.45, 7) is 3.67. The van der Waals surface area contributed by atoms with Gasteiger partial charge < -0.3 is 20.9 Å². The van der Waals surface area contributed by atoms with E-state index in [1.54, 1.807) is 12.1 Å². The van der Waals surface area contributed by atoms with Crippen LogP contribution >= 0.6 is 0 Å². The fraction of sp³-hybridized carbons (Fsp3) is 0.588. The lowest BCUT2D eigenvalue weighted by Crippen LogP contribution is -2.25. The Kier molecular flexibility index (Phi) is 9.68. The van der Waals surface area contributed by atoms with Crippen LogP contribution in [0.1, 0.15) is 37.3 Å². The zero-order valence-electron chi connectivity index (χ0n) is 14.6. The van der Waals surface area contributed by atoms with Crippen LogP contribution in [0.15, 0.2) is 18.2 Å². The number of nitrogens with zero attached hydrogens (tertiary/aromatic N) is 1. The summed E-state index contributed by atoms with van der Waals surface area (Å²) >= 11 is 0. The van der Waals surface area contributed by atoms with Crippen molar-refractivity contribution in [2.45, 2.75) is 39.3 Å². The van der Waals surface area contributed by atoms with Crippen LogP contribution in [0, 0.1) is 16.0 Å². The van der Waals surface area contributed by atoms with Crippen molar-refractivity contribution in [3.63, 3.8) is 0 Å². The fourth-order valence-electron chi connectivity index (χ4n) is 2.51. The predicted octanol–water partition coefficient (Wildman–Crippen LogP) is 1.48. The zero-order chi connectivity index (χ0) is 18.7. The maximum atomic E-state index is 11.2. The van der Waals surface area contributed by atoms with Crippen LogP contribution in [-0.2, 0) is 22.7 Å². The lowest BCUT2D eigenvalue weighted by Gasteiger charge is -2.12. The number of nitro benzene ring substituents is 1. The molecule has 8 heteroatoms. The smallest absolute Gasteiger partial charge is 0.275 e. The average molecular weight is 353 g/mol. The first-order valence-corrected chi connectivity index (χ1v) is 8.44. The summed E-state index contributed by atoms with van der Waals surface area (Å²) in [7, 11) is 0. The van der Waals surface area contributed by atoms with Gasteiger partial charge in [-0.2, -0.15) is 0 Å². The third-order valence-electron chi connectivity index (χ3n) is 3.92. The van der Waals surface area contributed by atoms with Crippen molar-refractivity contribution in [2.75, 3.05) is 19.8 Å². The molecule has 25 heavy (non-hydrogen) atoms. The van der Waals surface area contributed by atoms with E-state index in [9.17, 15) is 14.9 Å². The van der Waals surface area contributed by atoms with E-state index in [0.717, 1.165) is 18.4 Å². The molecular formula is C17H27N3O5. The van der Waals surface area contributed by atoms with Gasteiger partial charge in [-0.3, -0.25) is 14.9 Å². The molecule has 0 radical (unpaired) electrons. The highest BCUT2D eigenvalue weighted by atomic mass is 16.6. The van der Waals surface area contributed by atoms with Crippen LogP contribution in [0.5, 0.6) is 0 Å². The number of primary amides is 1. The van der Waals surface area contributed by atoms with Crippen molar-refractivity contribution < 1.29 is 19.6 Å².